The van der Waals surface area contributed by atoms with Gasteiger partial charge in [0.25, 0.3) is 0 Å². The molecule has 0 amide bonds. The lowest BCUT2D eigenvalue weighted by atomic mass is 10.3. The Balaban J connectivity index is 2.39. The zero-order chi connectivity index (χ0) is 6.15. The van der Waals surface area contributed by atoms with Crippen LogP contribution in [0.4, 0.5) is 0 Å². The maximum atomic E-state index is 8.76. The summed E-state index contributed by atoms with van der Waals surface area (Å²) in [5, 5.41) is 26.3. The van der Waals surface area contributed by atoms with Crippen LogP contribution >= 0.6 is 0 Å². The Kier molecular flexibility index (Phi) is 1.51. The standard InChI is InChI=1S/C5H10O3/c6-3-1-4(7)5(8)2-3/h3-8H,1-2H2/t4-,5-/m0/s1. The summed E-state index contributed by atoms with van der Waals surface area (Å²) in [7, 11) is 0. The van der Waals surface area contributed by atoms with Gasteiger partial charge in [0, 0.05) is 12.8 Å². The average Bonchev–Trinajstić information content (AvgIpc) is 1.85. The van der Waals surface area contributed by atoms with E-state index < -0.39 is 18.3 Å². The van der Waals surface area contributed by atoms with Gasteiger partial charge in [0.15, 0.2) is 0 Å². The Morgan fingerprint density at radius 3 is 1.38 bits per heavy atom. The summed E-state index contributed by atoms with van der Waals surface area (Å²) in [6.45, 7) is 0. The summed E-state index contributed by atoms with van der Waals surface area (Å²) in [4.78, 5) is 0. The largest absolute Gasteiger partial charge is 0.393 e. The molecule has 1 fully saturated rings. The lowest BCUT2D eigenvalue weighted by Gasteiger charge is -2.02. The second-order valence-corrected chi connectivity index (χ2v) is 2.26. The number of hydrogen-bond donors (Lipinski definition) is 3. The SMILES string of the molecule is OC1C[C@H](O)[C@@H](O)C1. The highest BCUT2D eigenvalue weighted by molar-refractivity contribution is 4.81. The maximum Gasteiger partial charge on any atom is 0.0824 e. The molecule has 1 rings (SSSR count). The van der Waals surface area contributed by atoms with Gasteiger partial charge in [-0.3, -0.25) is 0 Å². The zero-order valence-corrected chi connectivity index (χ0v) is 4.49. The quantitative estimate of drug-likeness (QED) is 0.377. The van der Waals surface area contributed by atoms with Crippen LogP contribution in [0.2, 0.25) is 0 Å². The van der Waals surface area contributed by atoms with E-state index in [9.17, 15) is 0 Å². The molecule has 2 atom stereocenters. The van der Waals surface area contributed by atoms with E-state index in [1.165, 1.54) is 0 Å². The fourth-order valence-electron chi connectivity index (χ4n) is 0.968. The monoisotopic (exact) mass is 118 g/mol. The second-order valence-electron chi connectivity index (χ2n) is 2.26. The summed E-state index contributed by atoms with van der Waals surface area (Å²) < 4.78 is 0. The number of rotatable bonds is 0. The molecule has 1 aliphatic rings. The van der Waals surface area contributed by atoms with Crippen molar-refractivity contribution in [3.63, 3.8) is 0 Å². The minimum Gasteiger partial charge on any atom is -0.393 e. The van der Waals surface area contributed by atoms with Crippen LogP contribution in [0.25, 0.3) is 0 Å². The highest BCUT2D eigenvalue weighted by atomic mass is 16.3. The Morgan fingerprint density at radius 2 is 1.25 bits per heavy atom. The predicted molar refractivity (Wildman–Crippen MR) is 27.3 cm³/mol. The molecule has 0 aliphatic heterocycles. The van der Waals surface area contributed by atoms with Gasteiger partial charge in [0.2, 0.25) is 0 Å². The molecule has 0 heterocycles. The normalized spacial score (nSPS) is 40.9. The minimum atomic E-state index is -0.704. The first kappa shape index (κ1) is 6.01. The van der Waals surface area contributed by atoms with Crippen LogP contribution in [-0.4, -0.2) is 33.6 Å². The van der Waals surface area contributed by atoms with Crippen molar-refractivity contribution in [1.29, 1.82) is 0 Å². The summed E-state index contributed by atoms with van der Waals surface area (Å²) in [6, 6.07) is 0. The smallest absolute Gasteiger partial charge is 0.0824 e. The van der Waals surface area contributed by atoms with Crippen molar-refractivity contribution in [2.45, 2.75) is 31.2 Å². The van der Waals surface area contributed by atoms with Gasteiger partial charge in [-0.2, -0.15) is 0 Å². The van der Waals surface area contributed by atoms with Crippen LogP contribution < -0.4 is 0 Å². The van der Waals surface area contributed by atoms with Gasteiger partial charge in [-0.15, -0.1) is 0 Å². The molecule has 8 heavy (non-hydrogen) atoms. The van der Waals surface area contributed by atoms with Crippen LogP contribution in [0.1, 0.15) is 12.8 Å². The fraction of sp³-hybridized carbons (Fsp3) is 1.00. The van der Waals surface area contributed by atoms with Crippen molar-refractivity contribution < 1.29 is 15.3 Å². The van der Waals surface area contributed by atoms with Gasteiger partial charge in [0.1, 0.15) is 0 Å². The van der Waals surface area contributed by atoms with Crippen molar-refractivity contribution in [2.24, 2.45) is 0 Å². The molecule has 0 aromatic carbocycles. The molecule has 1 saturated carbocycles. The highest BCUT2D eigenvalue weighted by Crippen LogP contribution is 2.18. The van der Waals surface area contributed by atoms with Crippen molar-refractivity contribution in [3.05, 3.63) is 0 Å². The van der Waals surface area contributed by atoms with Crippen molar-refractivity contribution in [2.75, 3.05) is 0 Å². The Labute approximate surface area is 47.6 Å². The van der Waals surface area contributed by atoms with E-state index in [4.69, 9.17) is 15.3 Å². The van der Waals surface area contributed by atoms with Gasteiger partial charge in [-0.1, -0.05) is 0 Å². The number of aliphatic hydroxyl groups excluding tert-OH is 3. The molecule has 0 radical (unpaired) electrons. The molecule has 0 bridgehead atoms. The van der Waals surface area contributed by atoms with Crippen LogP contribution in [0, 0.1) is 0 Å². The molecule has 0 aromatic heterocycles. The Morgan fingerprint density at radius 1 is 0.875 bits per heavy atom. The second kappa shape index (κ2) is 2.01. The molecular weight excluding hydrogens is 108 g/mol. The van der Waals surface area contributed by atoms with Crippen LogP contribution in [0.5, 0.6) is 0 Å². The third-order valence-electron chi connectivity index (χ3n) is 1.47. The first-order chi connectivity index (χ1) is 3.70. The Bertz CT molecular complexity index is 73.7. The molecular formula is C5H10O3. The minimum absolute atomic E-state index is 0.321. The summed E-state index contributed by atoms with van der Waals surface area (Å²) >= 11 is 0. The van der Waals surface area contributed by atoms with Gasteiger partial charge in [0.05, 0.1) is 18.3 Å². The molecule has 3 nitrogen and oxygen atoms in total. The first-order valence-electron chi connectivity index (χ1n) is 2.74. The van der Waals surface area contributed by atoms with E-state index in [2.05, 4.69) is 0 Å². The third kappa shape index (κ3) is 0.992. The van der Waals surface area contributed by atoms with E-state index in [0.717, 1.165) is 0 Å². The first-order valence-corrected chi connectivity index (χ1v) is 2.74. The predicted octanol–water partition coefficient (Wildman–Crippen LogP) is -1.14. The lowest BCUT2D eigenvalue weighted by Crippen LogP contribution is -2.17. The van der Waals surface area contributed by atoms with E-state index in [-0.39, 0.29) is 0 Å². The number of aliphatic hydroxyl groups is 3. The third-order valence-corrected chi connectivity index (χ3v) is 1.47. The summed E-state index contributed by atoms with van der Waals surface area (Å²) in [5.74, 6) is 0. The van der Waals surface area contributed by atoms with Gasteiger partial charge in [-0.05, 0) is 0 Å². The Hall–Kier alpha value is -0.120. The van der Waals surface area contributed by atoms with E-state index in [0.29, 0.717) is 12.8 Å². The van der Waals surface area contributed by atoms with E-state index in [1.54, 1.807) is 0 Å². The van der Waals surface area contributed by atoms with Gasteiger partial charge in [-0.25, -0.2) is 0 Å². The molecule has 3 heteroatoms. The van der Waals surface area contributed by atoms with Gasteiger partial charge >= 0.3 is 0 Å². The molecule has 0 saturated heterocycles. The van der Waals surface area contributed by atoms with Crippen LogP contribution in [-0.2, 0) is 0 Å². The highest BCUT2D eigenvalue weighted by Gasteiger charge is 2.29. The summed E-state index contributed by atoms with van der Waals surface area (Å²) in [6.07, 6.45) is -1.27. The summed E-state index contributed by atoms with van der Waals surface area (Å²) in [5.41, 5.74) is 0. The topological polar surface area (TPSA) is 60.7 Å². The molecule has 1 aliphatic carbocycles. The van der Waals surface area contributed by atoms with E-state index in [1.807, 2.05) is 0 Å². The zero-order valence-electron chi connectivity index (χ0n) is 4.49. The van der Waals surface area contributed by atoms with Crippen LogP contribution in [0.3, 0.4) is 0 Å². The lowest BCUT2D eigenvalue weighted by molar-refractivity contribution is 0.0438. The van der Waals surface area contributed by atoms with Gasteiger partial charge < -0.3 is 15.3 Å². The average molecular weight is 118 g/mol. The van der Waals surface area contributed by atoms with Crippen molar-refractivity contribution in [1.82, 2.24) is 0 Å². The molecule has 0 aromatic rings. The van der Waals surface area contributed by atoms with Crippen LogP contribution in [0.15, 0.2) is 0 Å². The van der Waals surface area contributed by atoms with Crippen molar-refractivity contribution in [3.8, 4) is 0 Å². The molecule has 0 spiro atoms. The fourth-order valence-corrected chi connectivity index (χ4v) is 0.968. The maximum absolute atomic E-state index is 8.76. The van der Waals surface area contributed by atoms with Crippen molar-refractivity contribution >= 4 is 0 Å². The molecule has 0 unspecified atom stereocenters. The molecule has 48 valence electrons. The number of hydrogen-bond acceptors (Lipinski definition) is 3. The van der Waals surface area contributed by atoms with E-state index >= 15 is 0 Å². The molecule has 3 N–H and O–H groups in total.